The maximum absolute atomic E-state index is 15.0. The largest absolute Gasteiger partial charge is 0.573 e. The number of rotatable bonds is 5. The standard InChI is InChI=1S/C30H32F4N6O4/c1-17-20-8-6-18(14-21(20)26(41)40(17)28(42)44-29(2,3)4)25-22(31)16-35-27(37-25)36-23-15-19(39-12-10-38(5)11-13-39)7-9-24(23)43-30(32,33)34/h6-9,14-17H,10-13H2,1-5H3,(H,35,36,37). The fourth-order valence-corrected chi connectivity index (χ4v) is 5.09. The maximum atomic E-state index is 15.0. The number of fused-ring (bicyclic) bond motifs is 1. The quantitative estimate of drug-likeness (QED) is 0.340. The van der Waals surface area contributed by atoms with Gasteiger partial charge in [0.1, 0.15) is 11.3 Å². The van der Waals surface area contributed by atoms with E-state index in [2.05, 4.69) is 24.9 Å². The number of benzene rings is 2. The number of aromatic nitrogens is 2. The summed E-state index contributed by atoms with van der Waals surface area (Å²) in [6.07, 6.45) is -4.88. The van der Waals surface area contributed by atoms with Crippen LogP contribution in [0.5, 0.6) is 5.75 Å². The first kappa shape index (κ1) is 31.0. The van der Waals surface area contributed by atoms with Gasteiger partial charge in [-0.2, -0.15) is 0 Å². The molecule has 2 amide bonds. The average Bonchev–Trinajstić information content (AvgIpc) is 3.18. The molecule has 234 valence electrons. The summed E-state index contributed by atoms with van der Waals surface area (Å²) in [7, 11) is 1.99. The van der Waals surface area contributed by atoms with E-state index < -0.39 is 41.6 Å². The number of amides is 2. The van der Waals surface area contributed by atoms with Crippen molar-refractivity contribution in [2.75, 3.05) is 43.4 Å². The van der Waals surface area contributed by atoms with Crippen molar-refractivity contribution in [3.63, 3.8) is 0 Å². The number of hydrogen-bond donors (Lipinski definition) is 1. The summed E-state index contributed by atoms with van der Waals surface area (Å²) in [5, 5.41) is 2.75. The molecule has 5 rings (SSSR count). The van der Waals surface area contributed by atoms with E-state index in [0.717, 1.165) is 24.2 Å². The summed E-state index contributed by atoms with van der Waals surface area (Å²) in [6, 6.07) is 8.19. The van der Waals surface area contributed by atoms with E-state index in [1.54, 1.807) is 39.8 Å². The van der Waals surface area contributed by atoms with Gasteiger partial charge in [-0.3, -0.25) is 4.79 Å². The summed E-state index contributed by atoms with van der Waals surface area (Å²) in [6.45, 7) is 9.65. The van der Waals surface area contributed by atoms with Crippen LogP contribution in [0.4, 0.5) is 39.7 Å². The Bertz CT molecular complexity index is 1580. The van der Waals surface area contributed by atoms with Crippen molar-refractivity contribution in [1.29, 1.82) is 0 Å². The van der Waals surface area contributed by atoms with Crippen LogP contribution in [0.1, 0.15) is 49.7 Å². The number of piperazine rings is 1. The molecule has 3 heterocycles. The Morgan fingerprint density at radius 1 is 1.05 bits per heavy atom. The highest BCUT2D eigenvalue weighted by molar-refractivity contribution is 6.08. The molecule has 0 bridgehead atoms. The summed E-state index contributed by atoms with van der Waals surface area (Å²) in [5.41, 5.74) is 0.507. The average molecular weight is 617 g/mol. The molecule has 2 aromatic carbocycles. The van der Waals surface area contributed by atoms with E-state index in [1.807, 2.05) is 11.9 Å². The Morgan fingerprint density at radius 2 is 1.75 bits per heavy atom. The number of anilines is 3. The minimum atomic E-state index is -4.96. The Kier molecular flexibility index (Phi) is 8.14. The first-order chi connectivity index (χ1) is 20.6. The fraction of sp³-hybridized carbons (Fsp3) is 0.400. The van der Waals surface area contributed by atoms with Crippen molar-refractivity contribution in [2.45, 2.75) is 45.7 Å². The molecular formula is C30H32F4N6O4. The zero-order valence-electron chi connectivity index (χ0n) is 24.8. The van der Waals surface area contributed by atoms with Crippen molar-refractivity contribution in [3.8, 4) is 17.0 Å². The van der Waals surface area contributed by atoms with Crippen molar-refractivity contribution < 1.29 is 36.6 Å². The molecule has 1 fully saturated rings. The lowest BCUT2D eigenvalue weighted by molar-refractivity contribution is -0.274. The van der Waals surface area contributed by atoms with Crippen molar-refractivity contribution in [2.24, 2.45) is 0 Å². The van der Waals surface area contributed by atoms with Gasteiger partial charge in [-0.05, 0) is 64.6 Å². The molecule has 0 spiro atoms. The lowest BCUT2D eigenvalue weighted by Crippen LogP contribution is -2.44. The van der Waals surface area contributed by atoms with Crippen molar-refractivity contribution >= 4 is 29.3 Å². The third kappa shape index (κ3) is 6.69. The minimum absolute atomic E-state index is 0.0673. The van der Waals surface area contributed by atoms with Gasteiger partial charge in [0.25, 0.3) is 5.91 Å². The number of nitrogens with one attached hydrogen (secondary N) is 1. The number of likely N-dealkylation sites (N-methyl/N-ethyl adjacent to an activating group) is 1. The summed E-state index contributed by atoms with van der Waals surface area (Å²) < 4.78 is 64.3. The number of halogens is 4. The fourth-order valence-electron chi connectivity index (χ4n) is 5.09. The third-order valence-electron chi connectivity index (χ3n) is 7.25. The zero-order chi connectivity index (χ0) is 32.0. The molecule has 2 aliphatic heterocycles. The number of alkyl halides is 3. The second-order valence-corrected chi connectivity index (χ2v) is 11.7. The molecule has 14 heteroatoms. The normalized spacial score (nSPS) is 17.5. The van der Waals surface area contributed by atoms with Gasteiger partial charge in [0.2, 0.25) is 5.95 Å². The van der Waals surface area contributed by atoms with Crippen LogP contribution in [-0.4, -0.2) is 77.0 Å². The predicted octanol–water partition coefficient (Wildman–Crippen LogP) is 6.13. The van der Waals surface area contributed by atoms with Gasteiger partial charge in [0.05, 0.1) is 17.9 Å². The molecule has 0 radical (unpaired) electrons. The Morgan fingerprint density at radius 3 is 2.41 bits per heavy atom. The van der Waals surface area contributed by atoms with Crippen molar-refractivity contribution in [3.05, 3.63) is 59.5 Å². The molecular weight excluding hydrogens is 584 g/mol. The monoisotopic (exact) mass is 616 g/mol. The molecule has 44 heavy (non-hydrogen) atoms. The van der Waals surface area contributed by atoms with Crippen LogP contribution in [0.2, 0.25) is 0 Å². The van der Waals surface area contributed by atoms with Crippen LogP contribution < -0.4 is 15.0 Å². The van der Waals surface area contributed by atoms with Crippen molar-refractivity contribution in [1.82, 2.24) is 19.8 Å². The molecule has 2 aliphatic rings. The maximum Gasteiger partial charge on any atom is 0.573 e. The molecule has 1 unspecified atom stereocenters. The molecule has 0 saturated carbocycles. The van der Waals surface area contributed by atoms with Gasteiger partial charge in [-0.25, -0.2) is 24.1 Å². The first-order valence-corrected chi connectivity index (χ1v) is 13.9. The number of carbonyl (C=O) groups is 2. The summed E-state index contributed by atoms with van der Waals surface area (Å²) >= 11 is 0. The lowest BCUT2D eigenvalue weighted by atomic mass is 10.0. The molecule has 3 aromatic rings. The van der Waals surface area contributed by atoms with E-state index in [4.69, 9.17) is 4.74 Å². The highest BCUT2D eigenvalue weighted by atomic mass is 19.4. The Labute approximate surface area is 251 Å². The molecule has 1 aromatic heterocycles. The van der Waals surface area contributed by atoms with Crippen LogP contribution in [-0.2, 0) is 4.74 Å². The van der Waals surface area contributed by atoms with Gasteiger partial charge in [0.15, 0.2) is 11.6 Å². The second kappa shape index (κ2) is 11.6. The van der Waals surface area contributed by atoms with Gasteiger partial charge in [-0.1, -0.05) is 12.1 Å². The topological polar surface area (TPSA) is 100 Å². The van der Waals surface area contributed by atoms with E-state index in [1.165, 1.54) is 24.3 Å². The van der Waals surface area contributed by atoms with Gasteiger partial charge < -0.3 is 24.6 Å². The van der Waals surface area contributed by atoms with E-state index >= 15 is 4.39 Å². The SMILES string of the molecule is CC1c2ccc(-c3nc(Nc4cc(N5CCN(C)CC5)ccc4OC(F)(F)F)ncc3F)cc2C(=O)N1C(=O)OC(C)(C)C. The molecule has 0 aliphatic carbocycles. The second-order valence-electron chi connectivity index (χ2n) is 11.7. The number of carbonyl (C=O) groups excluding carboxylic acids is 2. The number of imide groups is 1. The minimum Gasteiger partial charge on any atom is -0.443 e. The number of nitrogens with zero attached hydrogens (tertiary/aromatic N) is 5. The van der Waals surface area contributed by atoms with Gasteiger partial charge >= 0.3 is 12.5 Å². The highest BCUT2D eigenvalue weighted by Gasteiger charge is 2.40. The molecule has 1 atom stereocenters. The van der Waals surface area contributed by atoms with Crippen LogP contribution in [0.25, 0.3) is 11.3 Å². The van der Waals surface area contributed by atoms with E-state index in [0.29, 0.717) is 24.3 Å². The summed E-state index contributed by atoms with van der Waals surface area (Å²) in [4.78, 5) is 39.3. The Hall–Kier alpha value is -4.46. The number of hydrogen-bond acceptors (Lipinski definition) is 9. The van der Waals surface area contributed by atoms with Crippen LogP contribution in [0.15, 0.2) is 42.6 Å². The van der Waals surface area contributed by atoms with E-state index in [9.17, 15) is 22.8 Å². The van der Waals surface area contributed by atoms with E-state index in [-0.39, 0.29) is 28.5 Å². The third-order valence-corrected chi connectivity index (χ3v) is 7.25. The zero-order valence-corrected chi connectivity index (χ0v) is 24.8. The molecule has 10 nitrogen and oxygen atoms in total. The van der Waals surface area contributed by atoms with Crippen LogP contribution in [0, 0.1) is 5.82 Å². The van der Waals surface area contributed by atoms with Crippen LogP contribution in [0.3, 0.4) is 0 Å². The number of ether oxygens (including phenoxy) is 2. The summed E-state index contributed by atoms with van der Waals surface area (Å²) in [5.74, 6) is -2.13. The Balaban J connectivity index is 1.45. The highest BCUT2D eigenvalue weighted by Crippen LogP contribution is 2.38. The first-order valence-electron chi connectivity index (χ1n) is 13.9. The predicted molar refractivity (Wildman–Crippen MR) is 154 cm³/mol. The molecule has 1 saturated heterocycles. The van der Waals surface area contributed by atoms with Gasteiger partial charge in [0, 0.05) is 43.0 Å². The molecule has 1 N–H and O–H groups in total. The van der Waals surface area contributed by atoms with Gasteiger partial charge in [-0.15, -0.1) is 13.2 Å². The lowest BCUT2D eigenvalue weighted by Gasteiger charge is -2.34. The van der Waals surface area contributed by atoms with Crippen LogP contribution >= 0.6 is 0 Å². The smallest absolute Gasteiger partial charge is 0.443 e.